The molecule has 0 spiro atoms. The summed E-state index contributed by atoms with van der Waals surface area (Å²) in [6, 6.07) is 14.2. The molecule has 0 aliphatic heterocycles. The Bertz CT molecular complexity index is 1340. The van der Waals surface area contributed by atoms with E-state index in [-0.39, 0.29) is 22.0 Å². The molecule has 0 saturated heterocycles. The van der Waals surface area contributed by atoms with Crippen LogP contribution in [0.3, 0.4) is 0 Å². The summed E-state index contributed by atoms with van der Waals surface area (Å²) in [6.45, 7) is 25.3. The standard InChI is InChI=1S/C16H22N2OS.C15H21NOS/c1-15(2,3)14-18-17-13(20-14)11-7-9-12(10-8-11)19-16(4,5)6;1-14(2,3)13-16-11-8-7-10(9-12(11)18-13)17-15(4,5)6/h7-10H,1-6H3;7-9H,1-6H3. The minimum atomic E-state index is -0.177. The summed E-state index contributed by atoms with van der Waals surface area (Å²) in [5.74, 6) is 1.79. The quantitative estimate of drug-likeness (QED) is 0.253. The van der Waals surface area contributed by atoms with Gasteiger partial charge in [-0.25, -0.2) is 4.98 Å². The molecule has 0 aliphatic rings. The van der Waals surface area contributed by atoms with Crippen molar-refractivity contribution in [2.24, 2.45) is 0 Å². The van der Waals surface area contributed by atoms with Gasteiger partial charge in [0.15, 0.2) is 0 Å². The molecule has 0 saturated carbocycles. The van der Waals surface area contributed by atoms with Gasteiger partial charge in [0.05, 0.1) is 15.2 Å². The summed E-state index contributed by atoms with van der Waals surface area (Å²) in [5, 5.41) is 11.8. The maximum Gasteiger partial charge on any atom is 0.147 e. The Hall–Kier alpha value is -2.51. The highest BCUT2D eigenvalue weighted by Crippen LogP contribution is 2.34. The predicted octanol–water partition coefficient (Wildman–Crippen LogP) is 9.45. The number of ether oxygens (including phenoxy) is 2. The highest BCUT2D eigenvalue weighted by atomic mass is 32.1. The molecule has 2 aromatic carbocycles. The first-order valence-electron chi connectivity index (χ1n) is 13.0. The molecule has 0 bridgehead atoms. The summed E-state index contributed by atoms with van der Waals surface area (Å²) in [4.78, 5) is 4.68. The minimum absolute atomic E-state index is 0.0468. The first-order chi connectivity index (χ1) is 17.3. The Balaban J connectivity index is 0.000000212. The van der Waals surface area contributed by atoms with Crippen molar-refractivity contribution in [2.45, 2.75) is 105 Å². The highest BCUT2D eigenvalue weighted by Gasteiger charge is 2.21. The van der Waals surface area contributed by atoms with Crippen LogP contribution in [0.2, 0.25) is 0 Å². The minimum Gasteiger partial charge on any atom is -0.488 e. The Morgan fingerprint density at radius 3 is 1.61 bits per heavy atom. The number of thiazole rings is 1. The molecule has 0 fully saturated rings. The van der Waals surface area contributed by atoms with Crippen LogP contribution in [0, 0.1) is 0 Å². The molecule has 5 nitrogen and oxygen atoms in total. The van der Waals surface area contributed by atoms with Crippen LogP contribution in [0.1, 0.15) is 93.1 Å². The number of rotatable bonds is 3. The first-order valence-corrected chi connectivity index (χ1v) is 14.7. The maximum absolute atomic E-state index is 5.88. The van der Waals surface area contributed by atoms with Gasteiger partial charge >= 0.3 is 0 Å². The summed E-state index contributed by atoms with van der Waals surface area (Å²) >= 11 is 3.40. The number of hydrogen-bond acceptors (Lipinski definition) is 7. The number of benzene rings is 2. The third-order valence-corrected chi connectivity index (χ3v) is 7.86. The molecule has 7 heteroatoms. The molecular weight excluding hydrogens is 510 g/mol. The predicted molar refractivity (Wildman–Crippen MR) is 163 cm³/mol. The van der Waals surface area contributed by atoms with Crippen molar-refractivity contribution in [1.82, 2.24) is 15.2 Å². The van der Waals surface area contributed by atoms with Crippen LogP contribution in [0.25, 0.3) is 20.8 Å². The number of fused-ring (bicyclic) bond motifs is 1. The second-order valence-electron chi connectivity index (χ2n) is 13.5. The Morgan fingerprint density at radius 2 is 1.11 bits per heavy atom. The molecule has 0 unspecified atom stereocenters. The van der Waals surface area contributed by atoms with Gasteiger partial charge in [-0.15, -0.1) is 21.5 Å². The third-order valence-electron chi connectivity index (χ3n) is 5.02. The van der Waals surface area contributed by atoms with Crippen molar-refractivity contribution in [3.8, 4) is 22.1 Å². The van der Waals surface area contributed by atoms with E-state index < -0.39 is 0 Å². The first kappa shape index (κ1) is 30.0. The van der Waals surface area contributed by atoms with Crippen LogP contribution in [-0.4, -0.2) is 26.4 Å². The maximum atomic E-state index is 5.88. The lowest BCUT2D eigenvalue weighted by Gasteiger charge is -2.21. The average Bonchev–Trinajstić information content (AvgIpc) is 3.39. The van der Waals surface area contributed by atoms with Gasteiger partial charge in [-0.05, 0) is 84.0 Å². The van der Waals surface area contributed by atoms with Gasteiger partial charge in [0.2, 0.25) is 0 Å². The summed E-state index contributed by atoms with van der Waals surface area (Å²) in [5.41, 5.74) is 1.96. The Labute approximate surface area is 236 Å². The summed E-state index contributed by atoms with van der Waals surface area (Å²) in [6.07, 6.45) is 0. The van der Waals surface area contributed by atoms with Gasteiger partial charge in [0.25, 0.3) is 0 Å². The van der Waals surface area contributed by atoms with E-state index in [1.807, 2.05) is 57.2 Å². The molecule has 38 heavy (non-hydrogen) atoms. The van der Waals surface area contributed by atoms with Crippen LogP contribution in [0.15, 0.2) is 42.5 Å². The monoisotopic (exact) mass is 553 g/mol. The van der Waals surface area contributed by atoms with E-state index in [0.29, 0.717) is 0 Å². The molecule has 0 amide bonds. The fourth-order valence-electron chi connectivity index (χ4n) is 3.30. The lowest BCUT2D eigenvalue weighted by atomic mass is 9.98. The SMILES string of the molecule is CC(C)(C)Oc1ccc(-c2nnc(C(C)(C)C)s2)cc1.CC(C)(C)Oc1ccc2nc(C(C)(C)C)sc2c1. The van der Waals surface area contributed by atoms with Gasteiger partial charge in [-0.3, -0.25) is 0 Å². The molecule has 2 aromatic heterocycles. The molecule has 0 radical (unpaired) electrons. The molecule has 4 aromatic rings. The van der Waals surface area contributed by atoms with Gasteiger partial charge < -0.3 is 9.47 Å². The van der Waals surface area contributed by atoms with Crippen LogP contribution < -0.4 is 9.47 Å². The second kappa shape index (κ2) is 10.9. The molecule has 2 heterocycles. The molecule has 4 rings (SSSR count). The van der Waals surface area contributed by atoms with Gasteiger partial charge in [-0.1, -0.05) is 52.9 Å². The van der Waals surface area contributed by atoms with Crippen molar-refractivity contribution >= 4 is 32.9 Å². The lowest BCUT2D eigenvalue weighted by molar-refractivity contribution is 0.130. The zero-order chi connectivity index (χ0) is 28.5. The van der Waals surface area contributed by atoms with Crippen LogP contribution in [0.5, 0.6) is 11.5 Å². The highest BCUT2D eigenvalue weighted by molar-refractivity contribution is 7.18. The van der Waals surface area contributed by atoms with Crippen molar-refractivity contribution in [3.05, 3.63) is 52.5 Å². The topological polar surface area (TPSA) is 57.1 Å². The number of nitrogens with zero attached hydrogens (tertiary/aromatic N) is 3. The van der Waals surface area contributed by atoms with Crippen LogP contribution in [0.4, 0.5) is 0 Å². The molecule has 206 valence electrons. The van der Waals surface area contributed by atoms with Gasteiger partial charge in [-0.2, -0.15) is 0 Å². The van der Waals surface area contributed by atoms with Crippen molar-refractivity contribution in [3.63, 3.8) is 0 Å². The number of hydrogen-bond donors (Lipinski definition) is 0. The van der Waals surface area contributed by atoms with E-state index in [1.54, 1.807) is 22.7 Å². The number of aromatic nitrogens is 3. The smallest absolute Gasteiger partial charge is 0.147 e. The normalized spacial score (nSPS) is 12.7. The largest absolute Gasteiger partial charge is 0.488 e. The fourth-order valence-corrected chi connectivity index (χ4v) is 5.26. The van der Waals surface area contributed by atoms with E-state index in [2.05, 4.69) is 83.6 Å². The zero-order valence-electron chi connectivity index (χ0n) is 25.0. The van der Waals surface area contributed by atoms with Crippen molar-refractivity contribution in [2.75, 3.05) is 0 Å². The fraction of sp³-hybridized carbons (Fsp3) is 0.516. The zero-order valence-corrected chi connectivity index (χ0v) is 26.6. The van der Waals surface area contributed by atoms with Crippen LogP contribution >= 0.6 is 22.7 Å². The van der Waals surface area contributed by atoms with Crippen LogP contribution in [-0.2, 0) is 10.8 Å². The van der Waals surface area contributed by atoms with E-state index in [0.717, 1.165) is 32.6 Å². The van der Waals surface area contributed by atoms with E-state index in [1.165, 1.54) is 9.71 Å². The molecule has 0 N–H and O–H groups in total. The van der Waals surface area contributed by atoms with Gasteiger partial charge in [0.1, 0.15) is 32.7 Å². The molecule has 0 aliphatic carbocycles. The molecule has 0 atom stereocenters. The van der Waals surface area contributed by atoms with Gasteiger partial charge in [0, 0.05) is 16.4 Å². The summed E-state index contributed by atoms with van der Waals surface area (Å²) < 4.78 is 12.9. The average molecular weight is 554 g/mol. The Kier molecular flexibility index (Phi) is 8.64. The van der Waals surface area contributed by atoms with E-state index >= 15 is 0 Å². The van der Waals surface area contributed by atoms with E-state index in [4.69, 9.17) is 9.47 Å². The van der Waals surface area contributed by atoms with E-state index in [9.17, 15) is 0 Å². The molecular formula is C31H43N3O2S2. The second-order valence-corrected chi connectivity index (χ2v) is 15.5. The van der Waals surface area contributed by atoms with Crippen molar-refractivity contribution in [1.29, 1.82) is 0 Å². The van der Waals surface area contributed by atoms with Crippen molar-refractivity contribution < 1.29 is 9.47 Å². The summed E-state index contributed by atoms with van der Waals surface area (Å²) in [7, 11) is 0. The Morgan fingerprint density at radius 1 is 0.579 bits per heavy atom. The lowest BCUT2D eigenvalue weighted by Crippen LogP contribution is -2.22. The third kappa shape index (κ3) is 8.77.